The zero-order valence-corrected chi connectivity index (χ0v) is 13.6. The van der Waals surface area contributed by atoms with E-state index in [1.165, 1.54) is 23.5 Å². The number of hydrogen-bond donors (Lipinski definition) is 2. The summed E-state index contributed by atoms with van der Waals surface area (Å²) in [4.78, 5) is 23.4. The van der Waals surface area contributed by atoms with Crippen molar-refractivity contribution in [3.05, 3.63) is 48.3 Å². The maximum Gasteiger partial charge on any atom is 0.328 e. The molecule has 1 amide bonds. The quantitative estimate of drug-likeness (QED) is 0.786. The van der Waals surface area contributed by atoms with Gasteiger partial charge in [-0.25, -0.2) is 4.79 Å². The molecule has 0 fully saturated rings. The normalized spacial score (nSPS) is 11.0. The van der Waals surface area contributed by atoms with E-state index in [0.717, 1.165) is 27.9 Å². The summed E-state index contributed by atoms with van der Waals surface area (Å²) >= 11 is 14.3. The van der Waals surface area contributed by atoms with Crippen molar-refractivity contribution >= 4 is 63.8 Å². The smallest absolute Gasteiger partial charge is 0.328 e. The van der Waals surface area contributed by atoms with Gasteiger partial charge in [0.1, 0.15) is 4.34 Å². The number of amides is 1. The van der Waals surface area contributed by atoms with E-state index >= 15 is 0 Å². The molecule has 8 heteroatoms. The third-order valence-corrected chi connectivity index (χ3v) is 4.92. The Morgan fingerprint density at radius 1 is 1.38 bits per heavy atom. The van der Waals surface area contributed by atoms with Crippen molar-refractivity contribution in [1.29, 1.82) is 0 Å². The van der Waals surface area contributed by atoms with Crippen LogP contribution in [-0.2, 0) is 11.3 Å². The minimum atomic E-state index is -1.02. The number of thiophene rings is 2. The third-order valence-electron chi connectivity index (χ3n) is 2.50. The maximum atomic E-state index is 12.0. The number of aliphatic carboxylic acids is 1. The molecule has 0 saturated heterocycles. The van der Waals surface area contributed by atoms with E-state index in [0.29, 0.717) is 20.8 Å². The van der Waals surface area contributed by atoms with Gasteiger partial charge >= 0.3 is 5.97 Å². The van der Waals surface area contributed by atoms with Gasteiger partial charge in [0.25, 0.3) is 5.91 Å². The van der Waals surface area contributed by atoms with Crippen molar-refractivity contribution in [2.75, 3.05) is 0 Å². The number of carboxylic acid groups (broad SMARTS) is 1. The molecule has 0 bridgehead atoms. The van der Waals surface area contributed by atoms with Crippen molar-refractivity contribution in [2.45, 2.75) is 6.54 Å². The highest BCUT2D eigenvalue weighted by Gasteiger charge is 2.14. The minimum absolute atomic E-state index is 0.291. The molecule has 0 radical (unpaired) electrons. The molecule has 2 aromatic heterocycles. The topological polar surface area (TPSA) is 66.4 Å². The van der Waals surface area contributed by atoms with Gasteiger partial charge in [-0.1, -0.05) is 23.2 Å². The monoisotopic (exact) mass is 361 g/mol. The molecule has 0 saturated carbocycles. The Morgan fingerprint density at radius 2 is 2.14 bits per heavy atom. The summed E-state index contributed by atoms with van der Waals surface area (Å²) in [6.45, 7) is 0.291. The summed E-state index contributed by atoms with van der Waals surface area (Å²) in [5.41, 5.74) is 1.10. The summed E-state index contributed by atoms with van der Waals surface area (Å²) < 4.78 is 0.793. The molecule has 0 aliphatic carbocycles. The van der Waals surface area contributed by atoms with Crippen molar-refractivity contribution in [3.8, 4) is 0 Å². The van der Waals surface area contributed by atoms with Crippen LogP contribution in [0, 0.1) is 0 Å². The Labute approximate surface area is 138 Å². The summed E-state index contributed by atoms with van der Waals surface area (Å²) in [7, 11) is 0. The van der Waals surface area contributed by atoms with Gasteiger partial charge in [0.15, 0.2) is 0 Å². The van der Waals surface area contributed by atoms with E-state index in [-0.39, 0.29) is 5.91 Å². The first-order valence-electron chi connectivity index (χ1n) is 5.68. The Hall–Kier alpha value is -1.34. The standard InChI is InChI=1S/C13H9Cl2NO3S2/c14-10-5-8(12(15)21-10)13(19)16-6-9-7(3-4-20-9)1-2-11(17)18/h1-5H,6H2,(H,16,19)(H,17,18)/b2-1+. The lowest BCUT2D eigenvalue weighted by molar-refractivity contribution is -0.131. The van der Waals surface area contributed by atoms with Gasteiger partial charge in [-0.2, -0.15) is 0 Å². The summed E-state index contributed by atoms with van der Waals surface area (Å²) in [6.07, 6.45) is 2.55. The molecule has 0 aliphatic rings. The fourth-order valence-corrected chi connectivity index (χ4v) is 3.82. The van der Waals surface area contributed by atoms with E-state index in [9.17, 15) is 9.59 Å². The van der Waals surface area contributed by atoms with Gasteiger partial charge < -0.3 is 10.4 Å². The second-order valence-corrected chi connectivity index (χ2v) is 7.18. The molecule has 2 heterocycles. The highest BCUT2D eigenvalue weighted by Crippen LogP contribution is 2.31. The van der Waals surface area contributed by atoms with Crippen molar-refractivity contribution in [2.24, 2.45) is 0 Å². The first kappa shape index (κ1) is 16.0. The van der Waals surface area contributed by atoms with Crippen LogP contribution in [0.5, 0.6) is 0 Å². The third kappa shape index (κ3) is 4.31. The first-order valence-corrected chi connectivity index (χ1v) is 8.13. The minimum Gasteiger partial charge on any atom is -0.478 e. The molecule has 2 N–H and O–H groups in total. The van der Waals surface area contributed by atoms with Crippen LogP contribution in [0.4, 0.5) is 0 Å². The molecule has 21 heavy (non-hydrogen) atoms. The van der Waals surface area contributed by atoms with E-state index in [2.05, 4.69) is 5.32 Å². The summed E-state index contributed by atoms with van der Waals surface area (Å²) in [5.74, 6) is -1.33. The van der Waals surface area contributed by atoms with E-state index in [1.54, 1.807) is 6.07 Å². The predicted octanol–water partition coefficient (Wildman–Crippen LogP) is 4.14. The van der Waals surface area contributed by atoms with Gasteiger partial charge in [-0.3, -0.25) is 4.79 Å². The molecule has 2 aromatic rings. The Balaban J connectivity index is 2.04. The van der Waals surface area contributed by atoms with E-state index in [1.807, 2.05) is 5.38 Å². The van der Waals surface area contributed by atoms with E-state index in [4.69, 9.17) is 28.3 Å². The highest BCUT2D eigenvalue weighted by molar-refractivity contribution is 7.20. The van der Waals surface area contributed by atoms with Gasteiger partial charge in [-0.15, -0.1) is 22.7 Å². The van der Waals surface area contributed by atoms with Gasteiger partial charge in [0.2, 0.25) is 0 Å². The van der Waals surface area contributed by atoms with Crippen molar-refractivity contribution in [1.82, 2.24) is 5.32 Å². The van der Waals surface area contributed by atoms with Crippen LogP contribution in [-0.4, -0.2) is 17.0 Å². The molecule has 0 spiro atoms. The SMILES string of the molecule is O=C(O)/C=C/c1ccsc1CNC(=O)c1cc(Cl)sc1Cl. The van der Waals surface area contributed by atoms with Crippen LogP contribution in [0.3, 0.4) is 0 Å². The maximum absolute atomic E-state index is 12.0. The second kappa shape index (κ2) is 7.09. The zero-order chi connectivity index (χ0) is 15.4. The van der Waals surface area contributed by atoms with Gasteiger partial charge in [0.05, 0.1) is 16.4 Å². The average molecular weight is 362 g/mol. The highest BCUT2D eigenvalue weighted by atomic mass is 35.5. The average Bonchev–Trinajstić information content (AvgIpc) is 2.99. The largest absolute Gasteiger partial charge is 0.478 e. The van der Waals surface area contributed by atoms with Crippen LogP contribution >= 0.6 is 45.9 Å². The molecular weight excluding hydrogens is 353 g/mol. The molecule has 0 aromatic carbocycles. The number of rotatable bonds is 5. The number of carboxylic acids is 1. The molecule has 0 atom stereocenters. The van der Waals surface area contributed by atoms with Crippen molar-refractivity contribution in [3.63, 3.8) is 0 Å². The Kier molecular flexibility index (Phi) is 5.41. The number of hydrogen-bond acceptors (Lipinski definition) is 4. The summed E-state index contributed by atoms with van der Waals surface area (Å²) in [6, 6.07) is 3.31. The predicted molar refractivity (Wildman–Crippen MR) is 86.5 cm³/mol. The molecule has 0 aliphatic heterocycles. The van der Waals surface area contributed by atoms with Crippen LogP contribution < -0.4 is 5.32 Å². The van der Waals surface area contributed by atoms with Crippen molar-refractivity contribution < 1.29 is 14.7 Å². The fourth-order valence-electron chi connectivity index (χ4n) is 1.55. The van der Waals surface area contributed by atoms with Crippen LogP contribution in [0.25, 0.3) is 6.08 Å². The summed E-state index contributed by atoms with van der Waals surface area (Å²) in [5, 5.41) is 13.2. The Morgan fingerprint density at radius 3 is 2.76 bits per heavy atom. The first-order chi connectivity index (χ1) is 9.97. The van der Waals surface area contributed by atoms with Gasteiger partial charge in [-0.05, 0) is 29.2 Å². The van der Waals surface area contributed by atoms with Crippen LogP contribution in [0.2, 0.25) is 8.67 Å². The molecule has 4 nitrogen and oxygen atoms in total. The number of halogens is 2. The van der Waals surface area contributed by atoms with Gasteiger partial charge in [0, 0.05) is 11.0 Å². The molecule has 0 unspecified atom stereocenters. The molecular formula is C13H9Cl2NO3S2. The van der Waals surface area contributed by atoms with Crippen LogP contribution in [0.15, 0.2) is 23.6 Å². The number of nitrogens with one attached hydrogen (secondary N) is 1. The van der Waals surface area contributed by atoms with Crippen LogP contribution in [0.1, 0.15) is 20.8 Å². The number of carbonyl (C=O) groups excluding carboxylic acids is 1. The Bertz CT molecular complexity index is 706. The lowest BCUT2D eigenvalue weighted by Crippen LogP contribution is -2.22. The number of carbonyl (C=O) groups is 2. The zero-order valence-electron chi connectivity index (χ0n) is 10.4. The van der Waals surface area contributed by atoms with E-state index < -0.39 is 5.97 Å². The lowest BCUT2D eigenvalue weighted by atomic mass is 10.2. The second-order valence-electron chi connectivity index (χ2n) is 3.89. The molecule has 2 rings (SSSR count). The lowest BCUT2D eigenvalue weighted by Gasteiger charge is -2.03. The fraction of sp³-hybridized carbons (Fsp3) is 0.0769. The molecule has 110 valence electrons.